The molecule has 1 rings (SSSR count). The summed E-state index contributed by atoms with van der Waals surface area (Å²) in [7, 11) is 0. The minimum absolute atomic E-state index is 0.709. The second kappa shape index (κ2) is 5.99. The maximum Gasteiger partial charge on any atom is 0.0622 e. The first-order valence-corrected chi connectivity index (χ1v) is 5.46. The maximum atomic E-state index is 8.42. The van der Waals surface area contributed by atoms with Crippen molar-refractivity contribution in [3.63, 3.8) is 0 Å². The minimum atomic E-state index is 0.709. The van der Waals surface area contributed by atoms with E-state index >= 15 is 0 Å². The van der Waals surface area contributed by atoms with Gasteiger partial charge in [0.25, 0.3) is 0 Å². The van der Waals surface area contributed by atoms with Gasteiger partial charge in [-0.05, 0) is 38.3 Å². The van der Waals surface area contributed by atoms with Gasteiger partial charge in [-0.3, -0.25) is 0 Å². The quantitative estimate of drug-likeness (QED) is 0.587. The molecule has 0 radical (unpaired) electrons. The molecule has 1 saturated carbocycles. The molecular formula is C11H20N2. The SMILES string of the molecule is CCN(CCCC#N)CC1CCC1. The van der Waals surface area contributed by atoms with Crippen molar-refractivity contribution in [1.29, 1.82) is 5.26 Å². The fraction of sp³-hybridized carbons (Fsp3) is 0.909. The topological polar surface area (TPSA) is 27.0 Å². The largest absolute Gasteiger partial charge is 0.303 e. The van der Waals surface area contributed by atoms with Crippen molar-refractivity contribution in [2.24, 2.45) is 5.92 Å². The molecule has 0 aliphatic heterocycles. The maximum absolute atomic E-state index is 8.42. The van der Waals surface area contributed by atoms with Gasteiger partial charge in [0.1, 0.15) is 0 Å². The lowest BCUT2D eigenvalue weighted by molar-refractivity contribution is 0.183. The van der Waals surface area contributed by atoms with Crippen molar-refractivity contribution in [3.05, 3.63) is 0 Å². The molecule has 74 valence electrons. The van der Waals surface area contributed by atoms with Crippen LogP contribution in [0.5, 0.6) is 0 Å². The number of hydrogen-bond acceptors (Lipinski definition) is 2. The minimum Gasteiger partial charge on any atom is -0.303 e. The standard InChI is InChI=1S/C11H20N2/c1-2-13(9-4-3-8-12)10-11-6-5-7-11/h11H,2-7,9-10H2,1H3. The van der Waals surface area contributed by atoms with E-state index in [4.69, 9.17) is 5.26 Å². The smallest absolute Gasteiger partial charge is 0.0622 e. The molecule has 0 spiro atoms. The van der Waals surface area contributed by atoms with E-state index in [1.165, 1.54) is 25.8 Å². The Balaban J connectivity index is 2.07. The van der Waals surface area contributed by atoms with E-state index in [1.807, 2.05) is 0 Å². The Morgan fingerprint density at radius 1 is 1.46 bits per heavy atom. The third-order valence-electron chi connectivity index (χ3n) is 2.95. The first kappa shape index (κ1) is 10.5. The molecule has 1 aliphatic rings. The molecule has 0 N–H and O–H groups in total. The van der Waals surface area contributed by atoms with E-state index in [-0.39, 0.29) is 0 Å². The van der Waals surface area contributed by atoms with Gasteiger partial charge in [-0.2, -0.15) is 5.26 Å². The Labute approximate surface area is 81.5 Å². The van der Waals surface area contributed by atoms with Gasteiger partial charge in [-0.15, -0.1) is 0 Å². The van der Waals surface area contributed by atoms with Crippen LogP contribution in [0.1, 0.15) is 39.0 Å². The van der Waals surface area contributed by atoms with Gasteiger partial charge in [0.15, 0.2) is 0 Å². The van der Waals surface area contributed by atoms with Crippen LogP contribution in [0, 0.1) is 17.2 Å². The fourth-order valence-corrected chi connectivity index (χ4v) is 1.80. The molecule has 0 atom stereocenters. The first-order valence-electron chi connectivity index (χ1n) is 5.46. The summed E-state index contributed by atoms with van der Waals surface area (Å²) in [6.45, 7) is 5.73. The molecular weight excluding hydrogens is 160 g/mol. The summed E-state index contributed by atoms with van der Waals surface area (Å²) in [4.78, 5) is 2.49. The second-order valence-corrected chi connectivity index (χ2v) is 3.95. The van der Waals surface area contributed by atoms with E-state index in [2.05, 4.69) is 17.9 Å². The van der Waals surface area contributed by atoms with Gasteiger partial charge < -0.3 is 4.90 Å². The lowest BCUT2D eigenvalue weighted by atomic mass is 9.85. The van der Waals surface area contributed by atoms with Crippen molar-refractivity contribution in [3.8, 4) is 6.07 Å². The highest BCUT2D eigenvalue weighted by molar-refractivity contribution is 4.75. The lowest BCUT2D eigenvalue weighted by Gasteiger charge is -2.31. The van der Waals surface area contributed by atoms with E-state index in [0.717, 1.165) is 25.4 Å². The van der Waals surface area contributed by atoms with Gasteiger partial charge in [-0.1, -0.05) is 13.3 Å². The van der Waals surface area contributed by atoms with E-state index in [0.29, 0.717) is 6.42 Å². The summed E-state index contributed by atoms with van der Waals surface area (Å²) in [5, 5.41) is 8.42. The third kappa shape index (κ3) is 3.78. The van der Waals surface area contributed by atoms with Crippen LogP contribution < -0.4 is 0 Å². The van der Waals surface area contributed by atoms with Crippen molar-refractivity contribution in [2.75, 3.05) is 19.6 Å². The number of nitriles is 1. The second-order valence-electron chi connectivity index (χ2n) is 3.95. The molecule has 0 saturated heterocycles. The lowest BCUT2D eigenvalue weighted by Crippen LogP contribution is -2.33. The molecule has 2 heteroatoms. The Bertz CT molecular complexity index is 167. The Morgan fingerprint density at radius 2 is 2.23 bits per heavy atom. The molecule has 0 aromatic carbocycles. The Kier molecular flexibility index (Phi) is 4.85. The van der Waals surface area contributed by atoms with Crippen molar-refractivity contribution in [1.82, 2.24) is 4.90 Å². The molecule has 0 amide bonds. The summed E-state index contributed by atoms with van der Waals surface area (Å²) in [5.41, 5.74) is 0. The van der Waals surface area contributed by atoms with Crippen LogP contribution in [0.15, 0.2) is 0 Å². The van der Waals surface area contributed by atoms with Crippen LogP contribution in [-0.2, 0) is 0 Å². The average Bonchev–Trinajstić information content (AvgIpc) is 2.08. The molecule has 2 nitrogen and oxygen atoms in total. The molecule has 0 aromatic heterocycles. The first-order chi connectivity index (χ1) is 6.36. The highest BCUT2D eigenvalue weighted by Gasteiger charge is 2.19. The Hall–Kier alpha value is -0.550. The zero-order valence-corrected chi connectivity index (χ0v) is 8.63. The summed E-state index contributed by atoms with van der Waals surface area (Å²) < 4.78 is 0. The van der Waals surface area contributed by atoms with E-state index < -0.39 is 0 Å². The van der Waals surface area contributed by atoms with Crippen LogP contribution >= 0.6 is 0 Å². The molecule has 0 unspecified atom stereocenters. The molecule has 0 bridgehead atoms. The number of unbranched alkanes of at least 4 members (excludes halogenated alkanes) is 1. The van der Waals surface area contributed by atoms with Crippen LogP contribution in [0.4, 0.5) is 0 Å². The van der Waals surface area contributed by atoms with E-state index in [1.54, 1.807) is 0 Å². The predicted molar refractivity (Wildman–Crippen MR) is 54.3 cm³/mol. The van der Waals surface area contributed by atoms with Gasteiger partial charge in [0.05, 0.1) is 6.07 Å². The van der Waals surface area contributed by atoms with Crippen LogP contribution in [0.3, 0.4) is 0 Å². The zero-order chi connectivity index (χ0) is 9.52. The van der Waals surface area contributed by atoms with Crippen LogP contribution in [0.25, 0.3) is 0 Å². The van der Waals surface area contributed by atoms with Crippen molar-refractivity contribution < 1.29 is 0 Å². The molecule has 1 aliphatic carbocycles. The summed E-state index contributed by atoms with van der Waals surface area (Å²) >= 11 is 0. The average molecular weight is 180 g/mol. The normalized spacial score (nSPS) is 17.0. The fourth-order valence-electron chi connectivity index (χ4n) is 1.80. The Morgan fingerprint density at radius 3 is 2.69 bits per heavy atom. The number of hydrogen-bond donors (Lipinski definition) is 0. The monoisotopic (exact) mass is 180 g/mol. The van der Waals surface area contributed by atoms with Crippen molar-refractivity contribution in [2.45, 2.75) is 39.0 Å². The molecule has 0 aromatic rings. The summed E-state index contributed by atoms with van der Waals surface area (Å²) in [5.74, 6) is 0.960. The van der Waals surface area contributed by atoms with Gasteiger partial charge in [-0.25, -0.2) is 0 Å². The van der Waals surface area contributed by atoms with Crippen LogP contribution in [-0.4, -0.2) is 24.5 Å². The summed E-state index contributed by atoms with van der Waals surface area (Å²) in [6, 6.07) is 2.20. The molecule has 0 heterocycles. The molecule has 13 heavy (non-hydrogen) atoms. The van der Waals surface area contributed by atoms with Gasteiger partial charge in [0, 0.05) is 13.0 Å². The number of nitrogens with zero attached hydrogens (tertiary/aromatic N) is 2. The highest BCUT2D eigenvalue weighted by Crippen LogP contribution is 2.26. The highest BCUT2D eigenvalue weighted by atomic mass is 15.1. The van der Waals surface area contributed by atoms with Crippen LogP contribution in [0.2, 0.25) is 0 Å². The molecule has 1 fully saturated rings. The summed E-state index contributed by atoms with van der Waals surface area (Å²) in [6.07, 6.45) is 6.03. The zero-order valence-electron chi connectivity index (χ0n) is 8.63. The third-order valence-corrected chi connectivity index (χ3v) is 2.95. The predicted octanol–water partition coefficient (Wildman–Crippen LogP) is 2.41. The van der Waals surface area contributed by atoms with Gasteiger partial charge >= 0.3 is 0 Å². The van der Waals surface area contributed by atoms with Gasteiger partial charge in [0.2, 0.25) is 0 Å². The van der Waals surface area contributed by atoms with E-state index in [9.17, 15) is 0 Å². The van der Waals surface area contributed by atoms with Crippen molar-refractivity contribution >= 4 is 0 Å². The number of rotatable bonds is 6.